The summed E-state index contributed by atoms with van der Waals surface area (Å²) in [4.78, 5) is 0. The standard InChI is InChI=1S/C17H15FN4S/c1-11-3-4-14(12(2)9-11)10-19-22-16(20-21-17(22)23)13-5-7-15(18)8-6-13/h3-10H,1-2H3,(H,21,23)/b19-10-. The van der Waals surface area contributed by atoms with Crippen molar-refractivity contribution in [1.82, 2.24) is 14.9 Å². The Balaban J connectivity index is 2.00. The number of benzene rings is 2. The largest absolute Gasteiger partial charge is 0.250 e. The van der Waals surface area contributed by atoms with E-state index >= 15 is 0 Å². The Hall–Kier alpha value is -2.60. The van der Waals surface area contributed by atoms with Crippen molar-refractivity contribution in [2.75, 3.05) is 0 Å². The lowest BCUT2D eigenvalue weighted by molar-refractivity contribution is 0.628. The molecule has 6 heteroatoms. The van der Waals surface area contributed by atoms with Crippen LogP contribution in [-0.2, 0) is 0 Å². The van der Waals surface area contributed by atoms with Crippen molar-refractivity contribution < 1.29 is 4.39 Å². The van der Waals surface area contributed by atoms with Crippen LogP contribution in [0.4, 0.5) is 4.39 Å². The third kappa shape index (κ3) is 3.27. The average Bonchev–Trinajstić information content (AvgIpc) is 2.88. The summed E-state index contributed by atoms with van der Waals surface area (Å²) in [7, 11) is 0. The molecule has 0 saturated heterocycles. The zero-order chi connectivity index (χ0) is 16.4. The maximum Gasteiger partial charge on any atom is 0.216 e. The molecular formula is C17H15FN4S. The van der Waals surface area contributed by atoms with Gasteiger partial charge in [0.05, 0.1) is 6.21 Å². The predicted octanol–water partition coefficient (Wildman–Crippen LogP) is 4.25. The van der Waals surface area contributed by atoms with Gasteiger partial charge in [-0.2, -0.15) is 14.9 Å². The number of halogens is 1. The summed E-state index contributed by atoms with van der Waals surface area (Å²) in [5.74, 6) is 0.240. The fourth-order valence-corrected chi connectivity index (χ4v) is 2.45. The Morgan fingerprint density at radius 2 is 1.91 bits per heavy atom. The molecule has 3 rings (SSSR count). The van der Waals surface area contributed by atoms with Crippen LogP contribution in [0.25, 0.3) is 11.4 Å². The van der Waals surface area contributed by atoms with Crippen LogP contribution >= 0.6 is 12.2 Å². The van der Waals surface area contributed by atoms with E-state index in [1.165, 1.54) is 22.4 Å². The molecule has 0 saturated carbocycles. The summed E-state index contributed by atoms with van der Waals surface area (Å²) in [5, 5.41) is 11.3. The van der Waals surface area contributed by atoms with Gasteiger partial charge in [-0.05, 0) is 61.5 Å². The second-order valence-electron chi connectivity index (χ2n) is 5.28. The molecule has 0 aliphatic rings. The number of aromatic amines is 1. The number of nitrogens with one attached hydrogen (secondary N) is 1. The van der Waals surface area contributed by atoms with E-state index in [1.54, 1.807) is 18.3 Å². The molecule has 0 radical (unpaired) electrons. The molecule has 2 aromatic carbocycles. The Bertz CT molecular complexity index is 923. The summed E-state index contributed by atoms with van der Waals surface area (Å²) in [6.45, 7) is 4.08. The lowest BCUT2D eigenvalue weighted by Gasteiger charge is -2.03. The fourth-order valence-electron chi connectivity index (χ4n) is 2.28. The molecule has 1 aromatic heterocycles. The third-order valence-corrected chi connectivity index (χ3v) is 3.75. The summed E-state index contributed by atoms with van der Waals surface area (Å²) >= 11 is 5.22. The monoisotopic (exact) mass is 326 g/mol. The zero-order valence-corrected chi connectivity index (χ0v) is 13.6. The Labute approximate surface area is 138 Å². The van der Waals surface area contributed by atoms with Crippen LogP contribution in [0.2, 0.25) is 0 Å². The minimum atomic E-state index is -0.298. The Morgan fingerprint density at radius 3 is 2.61 bits per heavy atom. The molecule has 0 unspecified atom stereocenters. The van der Waals surface area contributed by atoms with Crippen molar-refractivity contribution in [3.05, 3.63) is 69.7 Å². The van der Waals surface area contributed by atoms with E-state index in [-0.39, 0.29) is 5.82 Å². The smallest absolute Gasteiger partial charge is 0.216 e. The van der Waals surface area contributed by atoms with Gasteiger partial charge in [0, 0.05) is 5.56 Å². The molecule has 0 amide bonds. The highest BCUT2D eigenvalue weighted by atomic mass is 32.1. The number of hydrogen-bond donors (Lipinski definition) is 1. The van der Waals surface area contributed by atoms with Crippen LogP contribution in [0.1, 0.15) is 16.7 Å². The van der Waals surface area contributed by atoms with Crippen molar-refractivity contribution in [2.24, 2.45) is 5.10 Å². The Kier molecular flexibility index (Phi) is 4.16. The molecule has 0 spiro atoms. The van der Waals surface area contributed by atoms with Crippen molar-refractivity contribution in [2.45, 2.75) is 13.8 Å². The van der Waals surface area contributed by atoms with E-state index in [4.69, 9.17) is 12.2 Å². The number of aromatic nitrogens is 3. The first-order chi connectivity index (χ1) is 11.0. The number of H-pyrrole nitrogens is 1. The van der Waals surface area contributed by atoms with E-state index < -0.39 is 0 Å². The van der Waals surface area contributed by atoms with Gasteiger partial charge < -0.3 is 0 Å². The van der Waals surface area contributed by atoms with E-state index in [1.807, 2.05) is 26.0 Å². The first-order valence-electron chi connectivity index (χ1n) is 7.09. The molecule has 0 fully saturated rings. The van der Waals surface area contributed by atoms with Gasteiger partial charge in [0.2, 0.25) is 4.77 Å². The second kappa shape index (κ2) is 6.26. The number of hydrogen-bond acceptors (Lipinski definition) is 3. The van der Waals surface area contributed by atoms with E-state index in [0.29, 0.717) is 10.6 Å². The molecule has 0 aliphatic carbocycles. The van der Waals surface area contributed by atoms with Gasteiger partial charge in [-0.3, -0.25) is 0 Å². The molecule has 116 valence electrons. The molecule has 23 heavy (non-hydrogen) atoms. The van der Waals surface area contributed by atoms with E-state index in [9.17, 15) is 4.39 Å². The van der Waals surface area contributed by atoms with Crippen LogP contribution in [0.3, 0.4) is 0 Å². The maximum atomic E-state index is 13.1. The molecule has 0 aliphatic heterocycles. The molecule has 0 bridgehead atoms. The van der Waals surface area contributed by atoms with Crippen molar-refractivity contribution in [1.29, 1.82) is 0 Å². The molecule has 1 N–H and O–H groups in total. The summed E-state index contributed by atoms with van der Waals surface area (Å²) < 4.78 is 15.0. The quantitative estimate of drug-likeness (QED) is 0.578. The fraction of sp³-hybridized carbons (Fsp3) is 0.118. The van der Waals surface area contributed by atoms with Gasteiger partial charge in [-0.1, -0.05) is 23.8 Å². The molecule has 4 nitrogen and oxygen atoms in total. The highest BCUT2D eigenvalue weighted by Gasteiger charge is 2.08. The maximum absolute atomic E-state index is 13.1. The highest BCUT2D eigenvalue weighted by molar-refractivity contribution is 7.71. The van der Waals surface area contributed by atoms with Crippen LogP contribution in [0.5, 0.6) is 0 Å². The van der Waals surface area contributed by atoms with Crippen molar-refractivity contribution >= 4 is 18.4 Å². The predicted molar refractivity (Wildman–Crippen MR) is 91.7 cm³/mol. The highest BCUT2D eigenvalue weighted by Crippen LogP contribution is 2.18. The van der Waals surface area contributed by atoms with Crippen molar-refractivity contribution in [3.63, 3.8) is 0 Å². The second-order valence-corrected chi connectivity index (χ2v) is 5.66. The Morgan fingerprint density at radius 1 is 1.17 bits per heavy atom. The van der Waals surface area contributed by atoms with E-state index in [2.05, 4.69) is 21.4 Å². The van der Waals surface area contributed by atoms with Crippen LogP contribution in [0.15, 0.2) is 47.6 Å². The molecule has 0 atom stereocenters. The first kappa shape index (κ1) is 15.3. The van der Waals surface area contributed by atoms with Crippen LogP contribution in [0, 0.1) is 24.4 Å². The van der Waals surface area contributed by atoms with Gasteiger partial charge in [0.15, 0.2) is 5.82 Å². The first-order valence-corrected chi connectivity index (χ1v) is 7.50. The summed E-state index contributed by atoms with van der Waals surface area (Å²) in [6, 6.07) is 12.2. The zero-order valence-electron chi connectivity index (χ0n) is 12.7. The molecule has 3 aromatic rings. The lowest BCUT2D eigenvalue weighted by atomic mass is 10.1. The minimum absolute atomic E-state index is 0.298. The number of nitrogens with zero attached hydrogens (tertiary/aromatic N) is 3. The normalized spacial score (nSPS) is 11.3. The number of aryl methyl sites for hydroxylation is 2. The molecule has 1 heterocycles. The van der Waals surface area contributed by atoms with E-state index in [0.717, 1.165) is 16.7 Å². The third-order valence-electron chi connectivity index (χ3n) is 3.49. The number of rotatable bonds is 3. The van der Waals surface area contributed by atoms with Gasteiger partial charge in [0.1, 0.15) is 5.82 Å². The molecular weight excluding hydrogens is 311 g/mol. The van der Waals surface area contributed by atoms with Gasteiger partial charge in [-0.25, -0.2) is 9.49 Å². The van der Waals surface area contributed by atoms with Crippen LogP contribution in [-0.4, -0.2) is 21.1 Å². The van der Waals surface area contributed by atoms with Gasteiger partial charge >= 0.3 is 0 Å². The minimum Gasteiger partial charge on any atom is -0.250 e. The summed E-state index contributed by atoms with van der Waals surface area (Å²) in [6.07, 6.45) is 1.74. The summed E-state index contributed by atoms with van der Waals surface area (Å²) in [5.41, 5.74) is 4.07. The van der Waals surface area contributed by atoms with Gasteiger partial charge in [0.25, 0.3) is 0 Å². The van der Waals surface area contributed by atoms with Crippen LogP contribution < -0.4 is 0 Å². The van der Waals surface area contributed by atoms with Crippen molar-refractivity contribution in [3.8, 4) is 11.4 Å². The average molecular weight is 326 g/mol. The van der Waals surface area contributed by atoms with Gasteiger partial charge in [-0.15, -0.1) is 0 Å². The topological polar surface area (TPSA) is 46.0 Å². The lowest BCUT2D eigenvalue weighted by Crippen LogP contribution is -1.96. The SMILES string of the molecule is Cc1ccc(/C=N\n2c(-c3ccc(F)cc3)n[nH]c2=S)c(C)c1.